The molecule has 7 nitrogen and oxygen atoms in total. The Labute approximate surface area is 158 Å². The number of nitriles is 1. The van der Waals surface area contributed by atoms with Crippen LogP contribution in [-0.2, 0) is 15.7 Å². The number of rotatable bonds is 5. The van der Waals surface area contributed by atoms with Gasteiger partial charge in [0, 0.05) is 5.70 Å². The van der Waals surface area contributed by atoms with Gasteiger partial charge in [0.1, 0.15) is 12.5 Å². The van der Waals surface area contributed by atoms with Gasteiger partial charge in [0.2, 0.25) is 0 Å². The first-order valence-electron chi connectivity index (χ1n) is 8.12. The Morgan fingerprint density at radius 2 is 1.96 bits per heavy atom. The molecule has 28 heavy (non-hydrogen) atoms. The number of nitro groups is 1. The highest BCUT2D eigenvalue weighted by atomic mass is 19.4. The quantitative estimate of drug-likeness (QED) is 0.353. The molecule has 0 bridgehead atoms. The van der Waals surface area contributed by atoms with Gasteiger partial charge in [-0.05, 0) is 25.5 Å². The van der Waals surface area contributed by atoms with Crippen molar-refractivity contribution in [2.75, 3.05) is 6.61 Å². The van der Waals surface area contributed by atoms with E-state index in [2.05, 4.69) is 5.32 Å². The van der Waals surface area contributed by atoms with Crippen LogP contribution >= 0.6 is 0 Å². The maximum absolute atomic E-state index is 13.5. The Hall–Kier alpha value is -3.35. The number of halogens is 3. The number of nitrogens with zero attached hydrogens (tertiary/aromatic N) is 2. The van der Waals surface area contributed by atoms with Crippen molar-refractivity contribution in [2.45, 2.75) is 32.4 Å². The molecular weight excluding hydrogens is 379 g/mol. The summed E-state index contributed by atoms with van der Waals surface area (Å²) in [6.07, 6.45) is -4.90. The van der Waals surface area contributed by atoms with E-state index in [1.165, 1.54) is 19.9 Å². The zero-order valence-corrected chi connectivity index (χ0v) is 15.0. The molecule has 0 fully saturated rings. The maximum Gasteiger partial charge on any atom is 0.416 e. The SMILES string of the molecule is CC1=C(C(=O)OCCC#N)C(c2ccccc2C(F)(F)F)C([N+](=O)[O-])=C(C)N1. The average Bonchev–Trinajstić information content (AvgIpc) is 2.60. The second-order valence-electron chi connectivity index (χ2n) is 5.99. The van der Waals surface area contributed by atoms with Crippen molar-refractivity contribution < 1.29 is 27.6 Å². The van der Waals surface area contributed by atoms with Crippen LogP contribution in [-0.4, -0.2) is 17.5 Å². The zero-order valence-electron chi connectivity index (χ0n) is 15.0. The van der Waals surface area contributed by atoms with Gasteiger partial charge in [-0.25, -0.2) is 4.79 Å². The number of alkyl halides is 3. The van der Waals surface area contributed by atoms with E-state index in [1.807, 2.05) is 0 Å². The Bertz CT molecular complexity index is 913. The second-order valence-corrected chi connectivity index (χ2v) is 5.99. The fourth-order valence-corrected chi connectivity index (χ4v) is 3.07. The van der Waals surface area contributed by atoms with Crippen molar-refractivity contribution in [2.24, 2.45) is 0 Å². The molecule has 148 valence electrons. The van der Waals surface area contributed by atoms with Crippen molar-refractivity contribution in [3.63, 3.8) is 0 Å². The molecule has 1 aliphatic heterocycles. The highest BCUT2D eigenvalue weighted by Crippen LogP contribution is 2.44. The predicted molar refractivity (Wildman–Crippen MR) is 90.9 cm³/mol. The molecule has 1 aromatic carbocycles. The Balaban J connectivity index is 2.69. The monoisotopic (exact) mass is 395 g/mol. The highest BCUT2D eigenvalue weighted by molar-refractivity contribution is 5.92. The lowest BCUT2D eigenvalue weighted by Crippen LogP contribution is -2.32. The molecular formula is C18H16F3N3O4. The molecule has 1 N–H and O–H groups in total. The van der Waals surface area contributed by atoms with Crippen LogP contribution in [0.1, 0.15) is 37.3 Å². The molecule has 0 spiro atoms. The number of hydrogen-bond acceptors (Lipinski definition) is 6. The van der Waals surface area contributed by atoms with Crippen LogP contribution in [0.15, 0.2) is 46.9 Å². The summed E-state index contributed by atoms with van der Waals surface area (Å²) in [6, 6.07) is 6.15. The number of benzene rings is 1. The number of ether oxygens (including phenoxy) is 1. The summed E-state index contributed by atoms with van der Waals surface area (Å²) in [5.41, 5.74) is -2.20. The van der Waals surface area contributed by atoms with Crippen molar-refractivity contribution in [3.8, 4) is 6.07 Å². The van der Waals surface area contributed by atoms with E-state index in [-0.39, 0.29) is 30.0 Å². The molecule has 10 heteroatoms. The van der Waals surface area contributed by atoms with Crippen LogP contribution in [0.3, 0.4) is 0 Å². The third-order valence-electron chi connectivity index (χ3n) is 4.17. The lowest BCUT2D eigenvalue weighted by Gasteiger charge is -2.28. The molecule has 1 atom stereocenters. The number of dihydropyridines is 1. The van der Waals surface area contributed by atoms with Gasteiger partial charge >= 0.3 is 12.1 Å². The van der Waals surface area contributed by atoms with E-state index in [0.717, 1.165) is 18.2 Å². The molecule has 1 heterocycles. The van der Waals surface area contributed by atoms with E-state index >= 15 is 0 Å². The van der Waals surface area contributed by atoms with Gasteiger partial charge in [0.15, 0.2) is 0 Å². The third-order valence-corrected chi connectivity index (χ3v) is 4.17. The molecule has 0 radical (unpaired) electrons. The van der Waals surface area contributed by atoms with Crippen molar-refractivity contribution >= 4 is 5.97 Å². The third kappa shape index (κ3) is 4.14. The summed E-state index contributed by atoms with van der Waals surface area (Å²) in [5.74, 6) is -2.60. The molecule has 2 rings (SSSR count). The van der Waals surface area contributed by atoms with E-state index < -0.39 is 39.8 Å². The van der Waals surface area contributed by atoms with E-state index in [4.69, 9.17) is 10.00 Å². The number of allylic oxidation sites excluding steroid dienone is 3. The first-order valence-corrected chi connectivity index (χ1v) is 8.12. The van der Waals surface area contributed by atoms with Crippen LogP contribution < -0.4 is 5.32 Å². The van der Waals surface area contributed by atoms with Crippen LogP contribution in [0, 0.1) is 21.4 Å². The highest BCUT2D eigenvalue weighted by Gasteiger charge is 2.45. The minimum atomic E-state index is -4.78. The number of carbonyl (C=O) groups is 1. The summed E-state index contributed by atoms with van der Waals surface area (Å²) >= 11 is 0. The zero-order chi connectivity index (χ0) is 21.1. The summed E-state index contributed by atoms with van der Waals surface area (Å²) in [6.45, 7) is 2.49. The number of carbonyl (C=O) groups excluding carboxylic acids is 1. The number of hydrogen-bond donors (Lipinski definition) is 1. The van der Waals surface area contributed by atoms with Gasteiger partial charge in [0.05, 0.1) is 34.2 Å². The Morgan fingerprint density at radius 3 is 2.54 bits per heavy atom. The minimum absolute atomic E-state index is 0.0260. The minimum Gasteiger partial charge on any atom is -0.461 e. The summed E-state index contributed by atoms with van der Waals surface area (Å²) in [7, 11) is 0. The normalized spacial score (nSPS) is 17.1. The largest absolute Gasteiger partial charge is 0.461 e. The molecule has 0 aromatic heterocycles. The summed E-state index contributed by atoms with van der Waals surface area (Å²) in [4.78, 5) is 23.4. The first-order chi connectivity index (χ1) is 13.1. The van der Waals surface area contributed by atoms with Crippen LogP contribution in [0.5, 0.6) is 0 Å². The maximum atomic E-state index is 13.5. The van der Waals surface area contributed by atoms with Gasteiger partial charge in [-0.15, -0.1) is 0 Å². The van der Waals surface area contributed by atoms with Crippen molar-refractivity contribution in [1.29, 1.82) is 5.26 Å². The van der Waals surface area contributed by atoms with E-state index in [0.29, 0.717) is 0 Å². The Kier molecular flexibility index (Phi) is 6.08. The standard InChI is InChI=1S/C18H16F3N3O4/c1-10-14(17(25)28-9-5-8-22)15(16(24(26)27)11(2)23-10)12-6-3-4-7-13(12)18(19,20)21/h3-4,6-7,15,23H,5,9H2,1-2H3. The molecule has 0 saturated heterocycles. The number of esters is 1. The summed E-state index contributed by atoms with van der Waals surface area (Å²) < 4.78 is 45.5. The second kappa shape index (κ2) is 8.12. The topological polar surface area (TPSA) is 105 Å². The van der Waals surface area contributed by atoms with Crippen LogP contribution in [0.25, 0.3) is 0 Å². The smallest absolute Gasteiger partial charge is 0.416 e. The molecule has 1 aromatic rings. The lowest BCUT2D eigenvalue weighted by molar-refractivity contribution is -0.431. The van der Waals surface area contributed by atoms with Crippen LogP contribution in [0.2, 0.25) is 0 Å². The van der Waals surface area contributed by atoms with Gasteiger partial charge in [0.25, 0.3) is 5.70 Å². The first kappa shape index (κ1) is 21.0. The Morgan fingerprint density at radius 1 is 1.32 bits per heavy atom. The van der Waals surface area contributed by atoms with E-state index in [9.17, 15) is 28.1 Å². The van der Waals surface area contributed by atoms with Gasteiger partial charge in [-0.2, -0.15) is 18.4 Å². The van der Waals surface area contributed by atoms with Gasteiger partial charge < -0.3 is 10.1 Å². The fraction of sp³-hybridized carbons (Fsp3) is 0.333. The lowest BCUT2D eigenvalue weighted by atomic mass is 9.81. The average molecular weight is 395 g/mol. The van der Waals surface area contributed by atoms with E-state index in [1.54, 1.807) is 6.07 Å². The van der Waals surface area contributed by atoms with Crippen molar-refractivity contribution in [3.05, 3.63) is 68.2 Å². The molecule has 1 aliphatic rings. The molecule has 1 unspecified atom stereocenters. The number of nitrogens with one attached hydrogen (secondary N) is 1. The predicted octanol–water partition coefficient (Wildman–Crippen LogP) is 3.63. The van der Waals surface area contributed by atoms with Crippen LogP contribution in [0.4, 0.5) is 13.2 Å². The van der Waals surface area contributed by atoms with Crippen molar-refractivity contribution in [1.82, 2.24) is 5.32 Å². The fourth-order valence-electron chi connectivity index (χ4n) is 3.07. The molecule has 0 amide bonds. The van der Waals surface area contributed by atoms with Gasteiger partial charge in [-0.1, -0.05) is 18.2 Å². The molecule has 0 aliphatic carbocycles. The molecule has 0 saturated carbocycles. The van der Waals surface area contributed by atoms with Gasteiger partial charge in [-0.3, -0.25) is 10.1 Å². The summed E-state index contributed by atoms with van der Waals surface area (Å²) in [5, 5.41) is 22.9.